The molecule has 0 N–H and O–H groups in total. The quantitative estimate of drug-likeness (QED) is 0.515. The number of nitrogens with zero attached hydrogens (tertiary/aromatic N) is 2. The van der Waals surface area contributed by atoms with E-state index in [0.717, 1.165) is 37.4 Å². The van der Waals surface area contributed by atoms with Crippen molar-refractivity contribution in [1.82, 2.24) is 4.57 Å². The number of aryl methyl sites for hydroxylation is 1. The molecule has 2 heterocycles. The monoisotopic (exact) mass is 377 g/mol. The first-order chi connectivity index (χ1) is 13.6. The van der Waals surface area contributed by atoms with Crippen molar-refractivity contribution in [2.75, 3.05) is 6.61 Å². The van der Waals surface area contributed by atoms with Gasteiger partial charge in [0.1, 0.15) is 30.0 Å². The molecule has 28 heavy (non-hydrogen) atoms. The number of Topliss-reactive ketones (excluding diaryl/α,β-unsaturated/α-hetero) is 1. The Morgan fingerprint density at radius 3 is 2.86 bits per heavy atom. The van der Waals surface area contributed by atoms with Crippen molar-refractivity contribution in [3.63, 3.8) is 0 Å². The van der Waals surface area contributed by atoms with E-state index in [9.17, 15) is 9.18 Å². The standard InChI is InChI=1S/C23H22FN2O2/c1-15-25(14-22(27)16-2-5-19(24)6-3-16)9-10-26(15)21-7-4-17-12-18-8-11-28-23(18)13-20(17)21/h2-3,5-6,9-10,12-13,21H,4,7-8,11,14H2,1H3/q+1. The van der Waals surface area contributed by atoms with Gasteiger partial charge in [-0.25, -0.2) is 13.5 Å². The molecule has 4 nitrogen and oxygen atoms in total. The summed E-state index contributed by atoms with van der Waals surface area (Å²) < 4.78 is 23.1. The largest absolute Gasteiger partial charge is 0.493 e. The van der Waals surface area contributed by atoms with Crippen molar-refractivity contribution in [1.29, 1.82) is 0 Å². The summed E-state index contributed by atoms with van der Waals surface area (Å²) in [5, 5.41) is 0. The average molecular weight is 377 g/mol. The summed E-state index contributed by atoms with van der Waals surface area (Å²) in [6.45, 7) is 3.06. The van der Waals surface area contributed by atoms with Crippen molar-refractivity contribution in [3.05, 3.63) is 82.7 Å². The first-order valence-electron chi connectivity index (χ1n) is 9.74. The van der Waals surface area contributed by atoms with Gasteiger partial charge in [-0.15, -0.1) is 0 Å². The SMILES string of the molecule is Cc1n(C2CCc3cc4c(cc32)OCC4)cc[n+]1CC(=O)c1ccc(F)cc1. The molecule has 3 aromatic rings. The zero-order valence-electron chi connectivity index (χ0n) is 15.8. The number of carbonyl (C=O) groups excluding carboxylic acids is 1. The third kappa shape index (κ3) is 2.82. The molecule has 0 fully saturated rings. The highest BCUT2D eigenvalue weighted by molar-refractivity contribution is 5.94. The van der Waals surface area contributed by atoms with Crippen LogP contribution in [0, 0.1) is 12.7 Å². The van der Waals surface area contributed by atoms with Gasteiger partial charge in [0.2, 0.25) is 5.78 Å². The van der Waals surface area contributed by atoms with E-state index in [4.69, 9.17) is 4.74 Å². The van der Waals surface area contributed by atoms with Crippen LogP contribution in [0.2, 0.25) is 0 Å². The number of halogens is 1. The van der Waals surface area contributed by atoms with Gasteiger partial charge in [0.05, 0.1) is 6.61 Å². The Hall–Kier alpha value is -2.95. The summed E-state index contributed by atoms with van der Waals surface area (Å²) in [6.07, 6.45) is 7.14. The Bertz CT molecular complexity index is 1070. The third-order valence-corrected chi connectivity index (χ3v) is 6.01. The van der Waals surface area contributed by atoms with Crippen LogP contribution in [0.25, 0.3) is 0 Å². The summed E-state index contributed by atoms with van der Waals surface area (Å²) in [5.74, 6) is 1.70. The van der Waals surface area contributed by atoms with Crippen molar-refractivity contribution in [2.45, 2.75) is 38.8 Å². The maximum Gasteiger partial charge on any atom is 0.254 e. The van der Waals surface area contributed by atoms with Crippen molar-refractivity contribution in [2.24, 2.45) is 0 Å². The number of hydrogen-bond acceptors (Lipinski definition) is 2. The van der Waals surface area contributed by atoms with Crippen LogP contribution in [-0.4, -0.2) is 17.0 Å². The van der Waals surface area contributed by atoms with E-state index in [1.54, 1.807) is 12.1 Å². The zero-order chi connectivity index (χ0) is 19.3. The maximum absolute atomic E-state index is 13.1. The van der Waals surface area contributed by atoms with E-state index in [-0.39, 0.29) is 24.2 Å². The minimum Gasteiger partial charge on any atom is -0.493 e. The topological polar surface area (TPSA) is 35.1 Å². The van der Waals surface area contributed by atoms with E-state index >= 15 is 0 Å². The summed E-state index contributed by atoms with van der Waals surface area (Å²) in [7, 11) is 0. The lowest BCUT2D eigenvalue weighted by Gasteiger charge is -2.11. The smallest absolute Gasteiger partial charge is 0.254 e. The van der Waals surface area contributed by atoms with Crippen LogP contribution in [-0.2, 0) is 19.4 Å². The van der Waals surface area contributed by atoms with Crippen molar-refractivity contribution < 1.29 is 18.5 Å². The van der Waals surface area contributed by atoms with Crippen molar-refractivity contribution >= 4 is 5.78 Å². The molecule has 0 spiro atoms. The fraction of sp³-hybridized carbons (Fsp3) is 0.304. The van der Waals surface area contributed by atoms with Crippen LogP contribution in [0.3, 0.4) is 0 Å². The second-order valence-corrected chi connectivity index (χ2v) is 7.62. The number of imidazole rings is 1. The molecule has 0 saturated carbocycles. The molecule has 0 bridgehead atoms. The molecule has 5 heteroatoms. The normalized spacial score (nSPS) is 17.3. The number of ketones is 1. The number of rotatable bonds is 4. The number of aromatic nitrogens is 2. The summed E-state index contributed by atoms with van der Waals surface area (Å²) >= 11 is 0. The van der Waals surface area contributed by atoms with Crippen LogP contribution in [0.15, 0.2) is 48.8 Å². The Morgan fingerprint density at radius 1 is 1.21 bits per heavy atom. The first-order valence-corrected chi connectivity index (χ1v) is 9.74. The molecule has 142 valence electrons. The summed E-state index contributed by atoms with van der Waals surface area (Å²) in [5.41, 5.74) is 4.59. The Kier molecular flexibility index (Phi) is 4.04. The highest BCUT2D eigenvalue weighted by atomic mass is 19.1. The van der Waals surface area contributed by atoms with Crippen molar-refractivity contribution in [3.8, 4) is 5.75 Å². The van der Waals surface area contributed by atoms with E-state index in [1.807, 2.05) is 17.7 Å². The number of hydrogen-bond donors (Lipinski definition) is 0. The Labute approximate surface area is 163 Å². The molecule has 0 radical (unpaired) electrons. The maximum atomic E-state index is 13.1. The van der Waals surface area contributed by atoms with Gasteiger partial charge in [-0.2, -0.15) is 0 Å². The minimum atomic E-state index is -0.332. The molecule has 2 aliphatic rings. The molecule has 1 unspecified atom stereocenters. The highest BCUT2D eigenvalue weighted by Gasteiger charge is 2.32. The van der Waals surface area contributed by atoms with E-state index in [1.165, 1.54) is 28.8 Å². The van der Waals surface area contributed by atoms with Gasteiger partial charge in [-0.1, -0.05) is 6.07 Å². The predicted molar refractivity (Wildman–Crippen MR) is 102 cm³/mol. The highest BCUT2D eigenvalue weighted by Crippen LogP contribution is 2.40. The molecule has 1 aliphatic heterocycles. The van der Waals surface area contributed by atoms with Gasteiger partial charge in [-0.05, 0) is 54.3 Å². The third-order valence-electron chi connectivity index (χ3n) is 6.01. The molecular weight excluding hydrogens is 355 g/mol. The van der Waals surface area contributed by atoms with E-state index in [2.05, 4.69) is 22.9 Å². The summed E-state index contributed by atoms with van der Waals surface area (Å²) in [6, 6.07) is 10.5. The van der Waals surface area contributed by atoms with Crippen LogP contribution >= 0.6 is 0 Å². The molecule has 1 aliphatic carbocycles. The number of carbonyl (C=O) groups is 1. The summed E-state index contributed by atoms with van der Waals surface area (Å²) in [4.78, 5) is 12.6. The van der Waals surface area contributed by atoms with Gasteiger partial charge in [0.25, 0.3) is 5.82 Å². The fourth-order valence-corrected chi connectivity index (χ4v) is 4.45. The lowest BCUT2D eigenvalue weighted by Crippen LogP contribution is -2.39. The lowest BCUT2D eigenvalue weighted by molar-refractivity contribution is -0.688. The van der Waals surface area contributed by atoms with Crippen LogP contribution in [0.1, 0.15) is 45.3 Å². The van der Waals surface area contributed by atoms with E-state index < -0.39 is 0 Å². The number of ether oxygens (including phenoxy) is 1. The Morgan fingerprint density at radius 2 is 2.04 bits per heavy atom. The first kappa shape index (κ1) is 17.2. The predicted octanol–water partition coefficient (Wildman–Crippen LogP) is 3.58. The number of benzene rings is 2. The zero-order valence-corrected chi connectivity index (χ0v) is 15.8. The lowest BCUT2D eigenvalue weighted by atomic mass is 10.0. The van der Waals surface area contributed by atoms with Crippen LogP contribution in [0.5, 0.6) is 5.75 Å². The molecule has 1 aromatic heterocycles. The molecule has 1 atom stereocenters. The average Bonchev–Trinajstić information content (AvgIpc) is 3.40. The molecule has 0 amide bonds. The minimum absolute atomic E-state index is 0.0242. The van der Waals surface area contributed by atoms with Gasteiger partial charge >= 0.3 is 0 Å². The van der Waals surface area contributed by atoms with Crippen LogP contribution < -0.4 is 9.30 Å². The van der Waals surface area contributed by atoms with E-state index in [0.29, 0.717) is 5.56 Å². The van der Waals surface area contributed by atoms with Gasteiger partial charge < -0.3 is 4.74 Å². The van der Waals surface area contributed by atoms with Gasteiger partial charge in [0, 0.05) is 24.5 Å². The number of fused-ring (bicyclic) bond motifs is 2. The second kappa shape index (κ2) is 6.59. The van der Waals surface area contributed by atoms with Crippen LogP contribution in [0.4, 0.5) is 4.39 Å². The van der Waals surface area contributed by atoms with Gasteiger partial charge in [-0.3, -0.25) is 4.79 Å². The second-order valence-electron chi connectivity index (χ2n) is 7.62. The molecule has 0 saturated heterocycles. The molecule has 5 rings (SSSR count). The Balaban J connectivity index is 1.41. The molecule has 2 aromatic carbocycles. The van der Waals surface area contributed by atoms with Gasteiger partial charge in [0.15, 0.2) is 6.54 Å². The fourth-order valence-electron chi connectivity index (χ4n) is 4.45. The molecular formula is C23H22FN2O2+.